The van der Waals surface area contributed by atoms with E-state index in [2.05, 4.69) is 46.7 Å². The number of para-hydroxylation sites is 2. The van der Waals surface area contributed by atoms with Crippen LogP contribution >= 0.6 is 0 Å². The first-order valence-electron chi connectivity index (χ1n) is 11.7. The molecule has 2 heterocycles. The Hall–Kier alpha value is -3.77. The summed E-state index contributed by atoms with van der Waals surface area (Å²) in [5, 5.41) is 3.68. The number of aromatic nitrogens is 1. The standard InChI is InChI=1S/C28H28N2O4/c1-3-33-28(31)22-9-5-7-11-25(22)34-17-19-16-18(12-13-24(19)32-2)26-27-21(14-15-29-26)20-8-4-6-10-23(20)30-27/h4-13,16,26,29-30H,3,14-15,17H2,1-2H3/p+1/t26-/m0/s1. The van der Waals surface area contributed by atoms with E-state index < -0.39 is 0 Å². The largest absolute Gasteiger partial charge is 0.496 e. The molecule has 34 heavy (non-hydrogen) atoms. The summed E-state index contributed by atoms with van der Waals surface area (Å²) < 4.78 is 16.9. The van der Waals surface area contributed by atoms with E-state index in [9.17, 15) is 4.79 Å². The summed E-state index contributed by atoms with van der Waals surface area (Å²) in [6.45, 7) is 3.42. The van der Waals surface area contributed by atoms with E-state index in [4.69, 9.17) is 14.2 Å². The molecule has 6 nitrogen and oxygen atoms in total. The van der Waals surface area contributed by atoms with Gasteiger partial charge >= 0.3 is 5.97 Å². The molecule has 0 unspecified atom stereocenters. The van der Waals surface area contributed by atoms with Crippen molar-refractivity contribution in [3.63, 3.8) is 0 Å². The smallest absolute Gasteiger partial charge is 0.341 e. The van der Waals surface area contributed by atoms with Gasteiger partial charge in [-0.25, -0.2) is 4.79 Å². The monoisotopic (exact) mass is 457 g/mol. The number of fused-ring (bicyclic) bond motifs is 3. The van der Waals surface area contributed by atoms with Gasteiger partial charge in [0.15, 0.2) is 6.04 Å². The number of hydrogen-bond acceptors (Lipinski definition) is 4. The van der Waals surface area contributed by atoms with Crippen LogP contribution in [0.4, 0.5) is 0 Å². The summed E-state index contributed by atoms with van der Waals surface area (Å²) in [5.41, 5.74) is 6.38. The summed E-state index contributed by atoms with van der Waals surface area (Å²) in [6, 6.07) is 22.1. The molecule has 1 aromatic heterocycles. The van der Waals surface area contributed by atoms with Crippen LogP contribution in [-0.4, -0.2) is 31.2 Å². The van der Waals surface area contributed by atoms with E-state index in [1.54, 1.807) is 32.2 Å². The molecule has 0 bridgehead atoms. The Labute approximate surface area is 198 Å². The van der Waals surface area contributed by atoms with Crippen LogP contribution in [-0.2, 0) is 17.8 Å². The first-order chi connectivity index (χ1) is 16.7. The second-order valence-corrected chi connectivity index (χ2v) is 8.39. The zero-order valence-electron chi connectivity index (χ0n) is 19.5. The van der Waals surface area contributed by atoms with Gasteiger partial charge in [0.05, 0.1) is 26.0 Å². The average molecular weight is 458 g/mol. The number of benzene rings is 3. The highest BCUT2D eigenvalue weighted by Crippen LogP contribution is 2.33. The molecule has 0 saturated heterocycles. The maximum absolute atomic E-state index is 12.3. The molecule has 6 heteroatoms. The Morgan fingerprint density at radius 2 is 1.88 bits per heavy atom. The third-order valence-electron chi connectivity index (χ3n) is 6.38. The second kappa shape index (κ2) is 9.61. The van der Waals surface area contributed by atoms with Gasteiger partial charge < -0.3 is 24.5 Å². The molecule has 3 N–H and O–H groups in total. The van der Waals surface area contributed by atoms with Crippen molar-refractivity contribution in [3.8, 4) is 11.5 Å². The number of rotatable bonds is 7. The van der Waals surface area contributed by atoms with Gasteiger partial charge in [-0.15, -0.1) is 0 Å². The number of hydrogen-bond donors (Lipinski definition) is 2. The summed E-state index contributed by atoms with van der Waals surface area (Å²) in [6.07, 6.45) is 1.05. The lowest BCUT2D eigenvalue weighted by atomic mass is 9.93. The molecule has 0 aliphatic carbocycles. The topological polar surface area (TPSA) is 77.2 Å². The fraction of sp³-hybridized carbons (Fsp3) is 0.250. The summed E-state index contributed by atoms with van der Waals surface area (Å²) in [7, 11) is 1.66. The number of nitrogens with two attached hydrogens (primary N) is 1. The molecule has 4 aromatic rings. The van der Waals surface area contributed by atoms with Crippen molar-refractivity contribution >= 4 is 16.9 Å². The number of carbonyl (C=O) groups excluding carboxylic acids is 1. The summed E-state index contributed by atoms with van der Waals surface area (Å²) in [4.78, 5) is 16.0. The molecule has 1 aliphatic rings. The quantitative estimate of drug-likeness (QED) is 0.409. The Kier molecular flexibility index (Phi) is 6.23. The van der Waals surface area contributed by atoms with Crippen molar-refractivity contribution in [2.75, 3.05) is 20.3 Å². The Morgan fingerprint density at radius 3 is 2.74 bits per heavy atom. The number of quaternary nitrogens is 1. The van der Waals surface area contributed by atoms with Crippen LogP contribution in [0.15, 0.2) is 66.7 Å². The first-order valence-corrected chi connectivity index (χ1v) is 11.7. The number of carbonyl (C=O) groups is 1. The van der Waals surface area contributed by atoms with Gasteiger partial charge in [-0.05, 0) is 48.9 Å². The molecular weight excluding hydrogens is 428 g/mol. The second-order valence-electron chi connectivity index (χ2n) is 8.39. The SMILES string of the molecule is CCOC(=O)c1ccccc1OCc1cc([C@@H]2[NH2+]CCc3c2[nH]c2ccccc32)ccc1OC. The van der Waals surface area contributed by atoms with Crippen LogP contribution in [0.1, 0.15) is 45.7 Å². The van der Waals surface area contributed by atoms with Crippen LogP contribution in [0.25, 0.3) is 10.9 Å². The number of methoxy groups -OCH3 is 1. The molecule has 0 amide bonds. The van der Waals surface area contributed by atoms with E-state index in [0.717, 1.165) is 24.3 Å². The lowest BCUT2D eigenvalue weighted by Crippen LogP contribution is -2.87. The highest BCUT2D eigenvalue weighted by Gasteiger charge is 2.29. The van der Waals surface area contributed by atoms with E-state index in [1.165, 1.54) is 27.7 Å². The lowest BCUT2D eigenvalue weighted by Gasteiger charge is -2.22. The zero-order valence-corrected chi connectivity index (χ0v) is 19.5. The molecule has 0 saturated carbocycles. The highest BCUT2D eigenvalue weighted by molar-refractivity contribution is 5.92. The molecule has 1 atom stereocenters. The number of aromatic amines is 1. The van der Waals surface area contributed by atoms with E-state index >= 15 is 0 Å². The molecule has 0 fully saturated rings. The fourth-order valence-corrected chi connectivity index (χ4v) is 4.80. The van der Waals surface area contributed by atoms with Gasteiger partial charge in [-0.2, -0.15) is 0 Å². The maximum atomic E-state index is 12.3. The molecule has 174 valence electrons. The molecular formula is C28H29N2O4+. The van der Waals surface area contributed by atoms with Crippen molar-refractivity contribution in [2.24, 2.45) is 0 Å². The number of H-pyrrole nitrogens is 1. The van der Waals surface area contributed by atoms with Gasteiger partial charge in [0.1, 0.15) is 23.7 Å². The molecule has 0 radical (unpaired) electrons. The van der Waals surface area contributed by atoms with E-state index in [0.29, 0.717) is 17.9 Å². The average Bonchev–Trinajstić information content (AvgIpc) is 3.26. The highest BCUT2D eigenvalue weighted by atomic mass is 16.5. The van der Waals surface area contributed by atoms with Gasteiger partial charge in [0.2, 0.25) is 0 Å². The van der Waals surface area contributed by atoms with Crippen LogP contribution in [0, 0.1) is 0 Å². The minimum absolute atomic E-state index is 0.174. The van der Waals surface area contributed by atoms with Crippen LogP contribution < -0.4 is 14.8 Å². The number of ether oxygens (including phenoxy) is 3. The Balaban J connectivity index is 1.45. The van der Waals surface area contributed by atoms with Crippen LogP contribution in [0.5, 0.6) is 11.5 Å². The Morgan fingerprint density at radius 1 is 1.06 bits per heavy atom. The van der Waals surface area contributed by atoms with Gasteiger partial charge in [-0.3, -0.25) is 0 Å². The maximum Gasteiger partial charge on any atom is 0.341 e. The van der Waals surface area contributed by atoms with Crippen molar-refractivity contribution in [2.45, 2.75) is 26.0 Å². The third-order valence-corrected chi connectivity index (χ3v) is 6.38. The molecule has 3 aromatic carbocycles. The van der Waals surface area contributed by atoms with Crippen molar-refractivity contribution in [1.82, 2.24) is 4.98 Å². The van der Waals surface area contributed by atoms with E-state index in [-0.39, 0.29) is 18.6 Å². The minimum Gasteiger partial charge on any atom is -0.496 e. The Bertz CT molecular complexity index is 1330. The molecule has 5 rings (SSSR count). The van der Waals surface area contributed by atoms with Gasteiger partial charge in [-0.1, -0.05) is 30.3 Å². The van der Waals surface area contributed by atoms with Gasteiger partial charge in [0, 0.05) is 28.5 Å². The fourth-order valence-electron chi connectivity index (χ4n) is 4.80. The van der Waals surface area contributed by atoms with E-state index in [1.807, 2.05) is 12.1 Å². The molecule has 1 aliphatic heterocycles. The summed E-state index contributed by atoms with van der Waals surface area (Å²) >= 11 is 0. The number of nitrogens with one attached hydrogen (secondary N) is 1. The van der Waals surface area contributed by atoms with Crippen molar-refractivity contribution in [3.05, 3.63) is 94.7 Å². The molecule has 0 spiro atoms. The zero-order chi connectivity index (χ0) is 23.5. The normalized spacial score (nSPS) is 15.1. The third kappa shape index (κ3) is 4.13. The van der Waals surface area contributed by atoms with Crippen LogP contribution in [0.3, 0.4) is 0 Å². The minimum atomic E-state index is -0.387. The summed E-state index contributed by atoms with van der Waals surface area (Å²) in [5.74, 6) is 0.863. The predicted octanol–water partition coefficient (Wildman–Crippen LogP) is 4.14. The number of esters is 1. The first kappa shape index (κ1) is 22.0. The lowest BCUT2D eigenvalue weighted by molar-refractivity contribution is -0.690. The van der Waals surface area contributed by atoms with Gasteiger partial charge in [0.25, 0.3) is 0 Å². The van der Waals surface area contributed by atoms with Crippen molar-refractivity contribution < 1.29 is 24.3 Å². The van der Waals surface area contributed by atoms with Crippen LogP contribution in [0.2, 0.25) is 0 Å². The predicted molar refractivity (Wildman–Crippen MR) is 130 cm³/mol. The van der Waals surface area contributed by atoms with Crippen molar-refractivity contribution in [1.29, 1.82) is 0 Å².